The monoisotopic (exact) mass is 353 g/mol. The number of hydrogen-bond acceptors (Lipinski definition) is 4. The number of nitrogens with two attached hydrogens (primary N) is 1. The molecule has 1 saturated heterocycles. The zero-order valence-electron chi connectivity index (χ0n) is 12.4. The number of likely N-dealkylation sites (tertiary alicyclic amines) is 1. The van der Waals surface area contributed by atoms with Crippen LogP contribution in [-0.2, 0) is 0 Å². The van der Waals surface area contributed by atoms with Crippen LogP contribution in [0.15, 0.2) is 18.3 Å². The first kappa shape index (κ1) is 19.5. The van der Waals surface area contributed by atoms with E-state index >= 15 is 0 Å². The van der Waals surface area contributed by atoms with E-state index in [0.717, 1.165) is 19.3 Å². The van der Waals surface area contributed by atoms with Gasteiger partial charge in [0, 0.05) is 31.4 Å². The average molecular weight is 354 g/mol. The van der Waals surface area contributed by atoms with Gasteiger partial charge in [-0.15, -0.1) is 12.4 Å². The maximum atomic E-state index is 12.4. The molecular formula is C14H19ClF3N3O2. The molecule has 23 heavy (non-hydrogen) atoms. The molecule has 5 nitrogen and oxygen atoms in total. The van der Waals surface area contributed by atoms with E-state index in [1.807, 2.05) is 0 Å². The summed E-state index contributed by atoms with van der Waals surface area (Å²) in [6.45, 7) is -0.381. The number of rotatable bonds is 4. The van der Waals surface area contributed by atoms with Crippen molar-refractivity contribution in [2.45, 2.75) is 31.5 Å². The van der Waals surface area contributed by atoms with Crippen LogP contribution in [-0.4, -0.2) is 47.7 Å². The average Bonchev–Trinajstić information content (AvgIpc) is 2.52. The van der Waals surface area contributed by atoms with E-state index in [0.29, 0.717) is 18.7 Å². The van der Waals surface area contributed by atoms with Crippen molar-refractivity contribution in [3.63, 3.8) is 0 Å². The normalized spacial score (nSPS) is 18.3. The van der Waals surface area contributed by atoms with Crippen LogP contribution < -0.4 is 10.5 Å². The van der Waals surface area contributed by atoms with E-state index in [1.165, 1.54) is 18.3 Å². The number of ether oxygens (including phenoxy) is 1. The Morgan fingerprint density at radius 3 is 2.70 bits per heavy atom. The molecule has 1 aliphatic rings. The fourth-order valence-corrected chi connectivity index (χ4v) is 2.43. The first-order valence-electron chi connectivity index (χ1n) is 7.07. The standard InChI is InChI=1S/C14H18F3N3O2.ClH/c15-14(16,17)9-22-12-5-4-10(8-19-12)13(21)20-6-2-1-3-11(20)7-18;/h4-5,8,11H,1-3,6-7,9,18H2;1H. The summed E-state index contributed by atoms with van der Waals surface area (Å²) in [5.41, 5.74) is 6.00. The van der Waals surface area contributed by atoms with Crippen molar-refractivity contribution in [3.05, 3.63) is 23.9 Å². The number of piperidine rings is 1. The van der Waals surface area contributed by atoms with Crippen LogP contribution in [0, 0.1) is 0 Å². The lowest BCUT2D eigenvalue weighted by molar-refractivity contribution is -0.154. The predicted octanol–water partition coefficient (Wildman–Crippen LogP) is 2.40. The van der Waals surface area contributed by atoms with Crippen molar-refractivity contribution in [2.24, 2.45) is 5.73 Å². The zero-order valence-corrected chi connectivity index (χ0v) is 13.2. The van der Waals surface area contributed by atoms with Crippen LogP contribution in [0.1, 0.15) is 29.6 Å². The fraction of sp³-hybridized carbons (Fsp3) is 0.571. The third-order valence-electron chi connectivity index (χ3n) is 3.53. The number of alkyl halides is 3. The maximum Gasteiger partial charge on any atom is 0.422 e. The van der Waals surface area contributed by atoms with E-state index in [4.69, 9.17) is 5.73 Å². The lowest BCUT2D eigenvalue weighted by Gasteiger charge is -2.35. The summed E-state index contributed by atoms with van der Waals surface area (Å²) in [7, 11) is 0. The van der Waals surface area contributed by atoms with Gasteiger partial charge >= 0.3 is 6.18 Å². The number of nitrogens with zero attached hydrogens (tertiary/aromatic N) is 2. The van der Waals surface area contributed by atoms with Crippen LogP contribution in [0.5, 0.6) is 5.88 Å². The Labute approximate surface area is 138 Å². The second-order valence-electron chi connectivity index (χ2n) is 5.17. The molecule has 130 valence electrons. The molecule has 2 heterocycles. The summed E-state index contributed by atoms with van der Waals surface area (Å²) in [5, 5.41) is 0. The molecule has 0 aromatic carbocycles. The molecule has 1 aromatic heterocycles. The van der Waals surface area contributed by atoms with E-state index in [9.17, 15) is 18.0 Å². The van der Waals surface area contributed by atoms with E-state index in [2.05, 4.69) is 9.72 Å². The first-order valence-corrected chi connectivity index (χ1v) is 7.07. The fourth-order valence-electron chi connectivity index (χ4n) is 2.43. The van der Waals surface area contributed by atoms with Gasteiger partial charge in [0.05, 0.1) is 5.56 Å². The molecule has 1 atom stereocenters. The highest BCUT2D eigenvalue weighted by atomic mass is 35.5. The van der Waals surface area contributed by atoms with Crippen LogP contribution in [0.3, 0.4) is 0 Å². The molecule has 1 fully saturated rings. The second kappa shape index (κ2) is 8.35. The van der Waals surface area contributed by atoms with Gasteiger partial charge < -0.3 is 15.4 Å². The summed E-state index contributed by atoms with van der Waals surface area (Å²) < 4.78 is 40.7. The molecule has 1 amide bonds. The lowest BCUT2D eigenvalue weighted by atomic mass is 10.0. The van der Waals surface area contributed by atoms with Gasteiger partial charge in [-0.1, -0.05) is 0 Å². The quantitative estimate of drug-likeness (QED) is 0.902. The molecule has 0 saturated carbocycles. The van der Waals surface area contributed by atoms with Crippen molar-refractivity contribution >= 4 is 18.3 Å². The highest BCUT2D eigenvalue weighted by Gasteiger charge is 2.29. The van der Waals surface area contributed by atoms with Gasteiger partial charge in [-0.05, 0) is 25.3 Å². The molecule has 2 N–H and O–H groups in total. The van der Waals surface area contributed by atoms with Gasteiger partial charge in [-0.2, -0.15) is 13.2 Å². The number of halogens is 4. The van der Waals surface area contributed by atoms with Crippen molar-refractivity contribution in [2.75, 3.05) is 19.7 Å². The smallest absolute Gasteiger partial charge is 0.422 e. The minimum Gasteiger partial charge on any atom is -0.468 e. The van der Waals surface area contributed by atoms with E-state index in [-0.39, 0.29) is 30.2 Å². The highest BCUT2D eigenvalue weighted by molar-refractivity contribution is 5.94. The van der Waals surface area contributed by atoms with Crippen molar-refractivity contribution < 1.29 is 22.7 Å². The SMILES string of the molecule is Cl.NCC1CCCCN1C(=O)c1ccc(OCC(F)(F)F)nc1. The van der Waals surface area contributed by atoms with E-state index in [1.54, 1.807) is 4.90 Å². The molecule has 1 aromatic rings. The Hall–Kier alpha value is -1.54. The van der Waals surface area contributed by atoms with Crippen molar-refractivity contribution in [3.8, 4) is 5.88 Å². The number of pyridine rings is 1. The van der Waals surface area contributed by atoms with Crippen LogP contribution in [0.25, 0.3) is 0 Å². The van der Waals surface area contributed by atoms with Crippen LogP contribution >= 0.6 is 12.4 Å². The first-order chi connectivity index (χ1) is 10.4. The largest absolute Gasteiger partial charge is 0.468 e. The Kier molecular flexibility index (Phi) is 7.08. The van der Waals surface area contributed by atoms with Crippen molar-refractivity contribution in [1.29, 1.82) is 0 Å². The summed E-state index contributed by atoms with van der Waals surface area (Å²) in [4.78, 5) is 17.9. The zero-order chi connectivity index (χ0) is 16.2. The second-order valence-corrected chi connectivity index (χ2v) is 5.17. The molecule has 2 rings (SSSR count). The third-order valence-corrected chi connectivity index (χ3v) is 3.53. The van der Waals surface area contributed by atoms with Crippen LogP contribution in [0.2, 0.25) is 0 Å². The third kappa shape index (κ3) is 5.54. The Balaban J connectivity index is 0.00000264. The van der Waals surface area contributed by atoms with Crippen LogP contribution in [0.4, 0.5) is 13.2 Å². The molecule has 0 radical (unpaired) electrons. The Bertz CT molecular complexity index is 511. The molecule has 0 bridgehead atoms. The number of aromatic nitrogens is 1. The Morgan fingerprint density at radius 2 is 2.13 bits per heavy atom. The highest BCUT2D eigenvalue weighted by Crippen LogP contribution is 2.20. The van der Waals surface area contributed by atoms with Gasteiger partial charge in [-0.3, -0.25) is 4.79 Å². The number of amides is 1. The Morgan fingerprint density at radius 1 is 1.39 bits per heavy atom. The summed E-state index contributed by atoms with van der Waals surface area (Å²) >= 11 is 0. The van der Waals surface area contributed by atoms with Gasteiger partial charge in [0.15, 0.2) is 6.61 Å². The topological polar surface area (TPSA) is 68.5 Å². The molecule has 0 aliphatic carbocycles. The number of hydrogen-bond donors (Lipinski definition) is 1. The molecule has 9 heteroatoms. The van der Waals surface area contributed by atoms with Gasteiger partial charge in [0.2, 0.25) is 5.88 Å². The van der Waals surface area contributed by atoms with Gasteiger partial charge in [0.25, 0.3) is 5.91 Å². The summed E-state index contributed by atoms with van der Waals surface area (Å²) in [6.07, 6.45) is -0.368. The molecule has 1 aliphatic heterocycles. The van der Waals surface area contributed by atoms with Gasteiger partial charge in [-0.25, -0.2) is 4.98 Å². The summed E-state index contributed by atoms with van der Waals surface area (Å²) in [5.74, 6) is -0.368. The summed E-state index contributed by atoms with van der Waals surface area (Å²) in [6, 6.07) is 2.69. The lowest BCUT2D eigenvalue weighted by Crippen LogP contribution is -2.47. The number of carbonyl (C=O) groups is 1. The molecule has 0 spiro atoms. The maximum absolute atomic E-state index is 12.4. The minimum atomic E-state index is -4.42. The number of carbonyl (C=O) groups excluding carboxylic acids is 1. The van der Waals surface area contributed by atoms with Crippen molar-refractivity contribution in [1.82, 2.24) is 9.88 Å². The molecule has 1 unspecified atom stereocenters. The predicted molar refractivity (Wildman–Crippen MR) is 80.8 cm³/mol. The minimum absolute atomic E-state index is 0. The molecular weight excluding hydrogens is 335 g/mol. The van der Waals surface area contributed by atoms with E-state index < -0.39 is 12.8 Å². The van der Waals surface area contributed by atoms with Gasteiger partial charge in [0.1, 0.15) is 0 Å².